The van der Waals surface area contributed by atoms with Crippen molar-refractivity contribution in [1.82, 2.24) is 0 Å². The molecule has 1 fully saturated rings. The van der Waals surface area contributed by atoms with Crippen LogP contribution in [0.3, 0.4) is 0 Å². The summed E-state index contributed by atoms with van der Waals surface area (Å²) in [5.74, 6) is -1.37. The lowest BCUT2D eigenvalue weighted by molar-refractivity contribution is -0.385. The number of ether oxygens (including phenoxy) is 3. The minimum atomic E-state index is -0.694. The number of nitro benzene ring substituents is 2. The van der Waals surface area contributed by atoms with Crippen LogP contribution in [0.5, 0.6) is 0 Å². The third-order valence-corrected chi connectivity index (χ3v) is 4.41. The van der Waals surface area contributed by atoms with Gasteiger partial charge in [0.15, 0.2) is 0 Å². The molecule has 0 N–H and O–H groups in total. The first-order chi connectivity index (χ1) is 14.3. The fraction of sp³-hybridized carbons (Fsp3) is 0.263. The maximum absolute atomic E-state index is 12.3. The van der Waals surface area contributed by atoms with Gasteiger partial charge in [-0.05, 0) is 24.3 Å². The molecule has 0 aromatic heterocycles. The molecule has 2 atom stereocenters. The number of nitro groups is 2. The number of rotatable bonds is 7. The number of non-ortho nitro benzene ring substituents is 2. The second-order valence-corrected chi connectivity index (χ2v) is 6.35. The predicted octanol–water partition coefficient (Wildman–Crippen LogP) is 2.67. The number of benzene rings is 2. The van der Waals surface area contributed by atoms with E-state index in [0.29, 0.717) is 13.0 Å². The highest BCUT2D eigenvalue weighted by Gasteiger charge is 2.33. The quantitative estimate of drug-likeness (QED) is 0.377. The molecule has 0 amide bonds. The van der Waals surface area contributed by atoms with E-state index >= 15 is 0 Å². The van der Waals surface area contributed by atoms with Gasteiger partial charge in [0.05, 0.1) is 27.6 Å². The second-order valence-electron chi connectivity index (χ2n) is 6.35. The maximum atomic E-state index is 12.3. The van der Waals surface area contributed by atoms with Crippen molar-refractivity contribution in [3.63, 3.8) is 0 Å². The lowest BCUT2D eigenvalue weighted by atomic mass is 10.1. The van der Waals surface area contributed by atoms with Crippen LogP contribution in [-0.4, -0.2) is 47.2 Å². The van der Waals surface area contributed by atoms with Crippen molar-refractivity contribution in [1.29, 1.82) is 0 Å². The topological polar surface area (TPSA) is 148 Å². The molecular weight excluding hydrogens is 400 g/mol. The van der Waals surface area contributed by atoms with E-state index in [4.69, 9.17) is 14.2 Å². The fourth-order valence-electron chi connectivity index (χ4n) is 2.80. The Balaban J connectivity index is 1.55. The van der Waals surface area contributed by atoms with E-state index in [9.17, 15) is 29.8 Å². The van der Waals surface area contributed by atoms with Gasteiger partial charge in [-0.15, -0.1) is 0 Å². The Hall–Kier alpha value is -3.86. The van der Waals surface area contributed by atoms with E-state index < -0.39 is 34.0 Å². The molecule has 2 aromatic carbocycles. The van der Waals surface area contributed by atoms with Gasteiger partial charge < -0.3 is 14.2 Å². The number of hydrogen-bond donors (Lipinski definition) is 0. The molecule has 11 heteroatoms. The van der Waals surface area contributed by atoms with Gasteiger partial charge in [0, 0.05) is 30.7 Å². The Labute approximate surface area is 169 Å². The molecule has 2 aromatic rings. The average molecular weight is 416 g/mol. The standard InChI is InChI=1S/C19H16N2O9/c22-18(12-1-5-14(6-2-12)20(24)25)29-11-17-16(9-10-28-17)30-19(23)13-3-7-15(8-4-13)21(26)27/h1-8,16-17H,9-11H2/t16-,17-/m1/s1. The summed E-state index contributed by atoms with van der Waals surface area (Å²) in [5.41, 5.74) is -0.0113. The Morgan fingerprint density at radius 1 is 0.900 bits per heavy atom. The molecule has 30 heavy (non-hydrogen) atoms. The van der Waals surface area contributed by atoms with Gasteiger partial charge in [-0.1, -0.05) is 0 Å². The first-order valence-corrected chi connectivity index (χ1v) is 8.84. The fourth-order valence-corrected chi connectivity index (χ4v) is 2.80. The summed E-state index contributed by atoms with van der Waals surface area (Å²) in [7, 11) is 0. The maximum Gasteiger partial charge on any atom is 0.338 e. The molecule has 11 nitrogen and oxygen atoms in total. The number of carbonyl (C=O) groups excluding carboxylic acids is 2. The zero-order valence-corrected chi connectivity index (χ0v) is 15.5. The Bertz CT molecular complexity index is 957. The van der Waals surface area contributed by atoms with Crippen molar-refractivity contribution in [3.8, 4) is 0 Å². The number of carbonyl (C=O) groups is 2. The third-order valence-electron chi connectivity index (χ3n) is 4.41. The zero-order chi connectivity index (χ0) is 21.7. The van der Waals surface area contributed by atoms with E-state index in [1.807, 2.05) is 0 Å². The van der Waals surface area contributed by atoms with Crippen LogP contribution in [0.4, 0.5) is 11.4 Å². The predicted molar refractivity (Wildman–Crippen MR) is 100 cm³/mol. The van der Waals surface area contributed by atoms with Crippen molar-refractivity contribution in [2.24, 2.45) is 0 Å². The molecule has 3 rings (SSSR count). The molecule has 1 saturated heterocycles. The van der Waals surface area contributed by atoms with Crippen molar-refractivity contribution >= 4 is 23.3 Å². The van der Waals surface area contributed by atoms with Crippen LogP contribution in [0, 0.1) is 20.2 Å². The molecule has 0 radical (unpaired) electrons. The van der Waals surface area contributed by atoms with Gasteiger partial charge in [0.2, 0.25) is 0 Å². The molecule has 0 spiro atoms. The molecule has 1 aliphatic rings. The summed E-state index contributed by atoms with van der Waals surface area (Å²) >= 11 is 0. The highest BCUT2D eigenvalue weighted by molar-refractivity contribution is 5.90. The van der Waals surface area contributed by atoms with Crippen LogP contribution in [0.2, 0.25) is 0 Å². The molecule has 0 saturated carbocycles. The summed E-state index contributed by atoms with van der Waals surface area (Å²) in [4.78, 5) is 44.6. The Morgan fingerprint density at radius 2 is 1.40 bits per heavy atom. The minimum Gasteiger partial charge on any atom is -0.459 e. The van der Waals surface area contributed by atoms with Crippen LogP contribution < -0.4 is 0 Å². The van der Waals surface area contributed by atoms with Crippen LogP contribution in [0.1, 0.15) is 27.1 Å². The second kappa shape index (κ2) is 9.09. The number of esters is 2. The Morgan fingerprint density at radius 3 is 1.90 bits per heavy atom. The zero-order valence-electron chi connectivity index (χ0n) is 15.5. The molecule has 0 bridgehead atoms. The third kappa shape index (κ3) is 4.94. The summed E-state index contributed by atoms with van der Waals surface area (Å²) in [6, 6.07) is 9.93. The summed E-state index contributed by atoms with van der Waals surface area (Å²) in [5, 5.41) is 21.3. The van der Waals surface area contributed by atoms with Gasteiger partial charge in [-0.3, -0.25) is 20.2 Å². The van der Waals surface area contributed by atoms with Crippen LogP contribution in [0.25, 0.3) is 0 Å². The van der Waals surface area contributed by atoms with Crippen LogP contribution >= 0.6 is 0 Å². The average Bonchev–Trinajstić information content (AvgIpc) is 3.19. The first-order valence-electron chi connectivity index (χ1n) is 8.84. The van der Waals surface area contributed by atoms with Gasteiger partial charge in [-0.2, -0.15) is 0 Å². The van der Waals surface area contributed by atoms with Gasteiger partial charge >= 0.3 is 11.9 Å². The van der Waals surface area contributed by atoms with Crippen molar-refractivity contribution in [2.75, 3.05) is 13.2 Å². The SMILES string of the molecule is O=C(OC[C@H]1OCC[C@H]1OC(=O)c1ccc([N+](=O)[O-])cc1)c1ccc([N+](=O)[O-])cc1. The molecule has 1 heterocycles. The van der Waals surface area contributed by atoms with E-state index in [1.165, 1.54) is 48.5 Å². The lowest BCUT2D eigenvalue weighted by Crippen LogP contribution is -2.32. The highest BCUT2D eigenvalue weighted by atomic mass is 16.6. The lowest BCUT2D eigenvalue weighted by Gasteiger charge is -2.19. The normalized spacial score (nSPS) is 17.9. The van der Waals surface area contributed by atoms with Gasteiger partial charge in [0.25, 0.3) is 11.4 Å². The molecule has 156 valence electrons. The highest BCUT2D eigenvalue weighted by Crippen LogP contribution is 2.21. The minimum absolute atomic E-state index is 0.137. The summed E-state index contributed by atoms with van der Waals surface area (Å²) in [6.07, 6.45) is -0.926. The Kier molecular flexibility index (Phi) is 6.32. The molecule has 0 unspecified atom stereocenters. The van der Waals surface area contributed by atoms with E-state index in [0.717, 1.165) is 0 Å². The molecule has 0 aliphatic carbocycles. The van der Waals surface area contributed by atoms with E-state index in [-0.39, 0.29) is 29.1 Å². The van der Waals surface area contributed by atoms with Crippen molar-refractivity contribution in [3.05, 3.63) is 79.9 Å². The number of hydrogen-bond acceptors (Lipinski definition) is 9. The van der Waals surface area contributed by atoms with E-state index in [1.54, 1.807) is 0 Å². The van der Waals surface area contributed by atoms with Crippen LogP contribution in [-0.2, 0) is 14.2 Å². The van der Waals surface area contributed by atoms with Crippen molar-refractivity contribution in [2.45, 2.75) is 18.6 Å². The van der Waals surface area contributed by atoms with E-state index in [2.05, 4.69) is 0 Å². The van der Waals surface area contributed by atoms with Crippen LogP contribution in [0.15, 0.2) is 48.5 Å². The van der Waals surface area contributed by atoms with Gasteiger partial charge in [-0.25, -0.2) is 9.59 Å². The van der Waals surface area contributed by atoms with Gasteiger partial charge in [0.1, 0.15) is 18.8 Å². The largest absolute Gasteiger partial charge is 0.459 e. The summed E-state index contributed by atoms with van der Waals surface area (Å²) in [6.45, 7) is 0.131. The molecule has 1 aliphatic heterocycles. The smallest absolute Gasteiger partial charge is 0.338 e. The number of nitrogens with zero attached hydrogens (tertiary/aromatic N) is 2. The van der Waals surface area contributed by atoms with Crippen molar-refractivity contribution < 1.29 is 33.6 Å². The first kappa shape index (κ1) is 20.9. The summed E-state index contributed by atoms with van der Waals surface area (Å²) < 4.78 is 16.0. The monoisotopic (exact) mass is 416 g/mol. The molecular formula is C19H16N2O9.